The smallest absolute Gasteiger partial charge is 0.374 e. The van der Waals surface area contributed by atoms with Gasteiger partial charge < -0.3 is 9.15 Å². The van der Waals surface area contributed by atoms with Crippen molar-refractivity contribution >= 4 is 16.0 Å². The summed E-state index contributed by atoms with van der Waals surface area (Å²) in [6, 6.07) is 1.10. The number of hydrogen-bond donors (Lipinski definition) is 1. The Morgan fingerprint density at radius 1 is 1.30 bits per heavy atom. The first-order valence-corrected chi connectivity index (χ1v) is 8.21. The zero-order chi connectivity index (χ0) is 15.2. The van der Waals surface area contributed by atoms with Gasteiger partial charge in [-0.05, 0) is 13.3 Å². The molecule has 2 N–H and O–H groups in total. The second kappa shape index (κ2) is 7.44. The van der Waals surface area contributed by atoms with Crippen LogP contribution in [-0.2, 0) is 14.8 Å². The van der Waals surface area contributed by atoms with Gasteiger partial charge in [0.25, 0.3) is 0 Å². The molecular formula is C13H21NO5S. The monoisotopic (exact) mass is 303 g/mol. The number of furan rings is 1. The lowest BCUT2D eigenvalue weighted by molar-refractivity contribution is 0.0460. The molecule has 1 heterocycles. The lowest BCUT2D eigenvalue weighted by atomic mass is 10.2. The van der Waals surface area contributed by atoms with Gasteiger partial charge in [-0.15, -0.1) is 0 Å². The van der Waals surface area contributed by atoms with E-state index < -0.39 is 16.0 Å². The normalized spacial score (nSPS) is 11.6. The Bertz CT molecular complexity index is 547. The van der Waals surface area contributed by atoms with Crippen molar-refractivity contribution in [1.82, 2.24) is 0 Å². The maximum atomic E-state index is 11.7. The number of ether oxygens (including phenoxy) is 1. The summed E-state index contributed by atoms with van der Waals surface area (Å²) in [6.45, 7) is 3.86. The first kappa shape index (κ1) is 16.7. The number of unbranched alkanes of at least 4 members (excludes halogenated alkanes) is 4. The molecule has 0 saturated carbocycles. The van der Waals surface area contributed by atoms with Crippen LogP contribution in [0.2, 0.25) is 0 Å². The van der Waals surface area contributed by atoms with E-state index in [0.29, 0.717) is 6.61 Å². The molecule has 1 aromatic heterocycles. The number of rotatable bonds is 8. The quantitative estimate of drug-likeness (QED) is 0.587. The molecule has 0 aromatic carbocycles. The summed E-state index contributed by atoms with van der Waals surface area (Å²) in [4.78, 5) is 11.5. The number of nitrogens with two attached hydrogens (primary N) is 1. The fraction of sp³-hybridized carbons (Fsp3) is 0.615. The number of aryl methyl sites for hydroxylation is 1. The Balaban J connectivity index is 2.49. The Kier molecular flexibility index (Phi) is 6.22. The maximum absolute atomic E-state index is 11.7. The van der Waals surface area contributed by atoms with Crippen molar-refractivity contribution in [2.24, 2.45) is 5.14 Å². The summed E-state index contributed by atoms with van der Waals surface area (Å²) >= 11 is 0. The molecule has 0 spiro atoms. The van der Waals surface area contributed by atoms with Crippen LogP contribution in [0.1, 0.15) is 55.3 Å². The van der Waals surface area contributed by atoms with Gasteiger partial charge in [-0.2, -0.15) is 0 Å². The third-order valence-corrected chi connectivity index (χ3v) is 3.88. The molecule has 1 aromatic rings. The largest absolute Gasteiger partial charge is 0.460 e. The van der Waals surface area contributed by atoms with Gasteiger partial charge in [0.2, 0.25) is 15.8 Å². The van der Waals surface area contributed by atoms with E-state index in [4.69, 9.17) is 14.3 Å². The zero-order valence-corrected chi connectivity index (χ0v) is 12.7. The van der Waals surface area contributed by atoms with E-state index in [9.17, 15) is 13.2 Å². The summed E-state index contributed by atoms with van der Waals surface area (Å²) < 4.78 is 32.5. The Morgan fingerprint density at radius 2 is 1.95 bits per heavy atom. The molecule has 6 nitrogen and oxygen atoms in total. The second-order valence-corrected chi connectivity index (χ2v) is 6.16. The SMILES string of the molecule is CCCCCCCOC(=O)c1cc(S(N)(=O)=O)c(C)o1. The molecule has 0 aliphatic carbocycles. The molecule has 1 rings (SSSR count). The van der Waals surface area contributed by atoms with Crippen molar-refractivity contribution in [3.8, 4) is 0 Å². The van der Waals surface area contributed by atoms with Crippen molar-refractivity contribution in [1.29, 1.82) is 0 Å². The topological polar surface area (TPSA) is 99.6 Å². The van der Waals surface area contributed by atoms with Crippen LogP contribution in [0.5, 0.6) is 0 Å². The van der Waals surface area contributed by atoms with Gasteiger partial charge in [0.15, 0.2) is 0 Å². The van der Waals surface area contributed by atoms with Gasteiger partial charge in [-0.3, -0.25) is 0 Å². The first-order valence-electron chi connectivity index (χ1n) is 6.66. The molecule has 114 valence electrons. The predicted molar refractivity (Wildman–Crippen MR) is 73.9 cm³/mol. The van der Waals surface area contributed by atoms with E-state index in [1.54, 1.807) is 0 Å². The molecule has 0 amide bonds. The average Bonchev–Trinajstić information content (AvgIpc) is 2.75. The van der Waals surface area contributed by atoms with Crippen LogP contribution < -0.4 is 5.14 Å². The van der Waals surface area contributed by atoms with Crippen LogP contribution in [-0.4, -0.2) is 21.0 Å². The summed E-state index contributed by atoms with van der Waals surface area (Å²) in [6.07, 6.45) is 5.22. The fourth-order valence-corrected chi connectivity index (χ4v) is 2.50. The van der Waals surface area contributed by atoms with Crippen molar-refractivity contribution in [2.75, 3.05) is 6.61 Å². The van der Waals surface area contributed by atoms with Gasteiger partial charge >= 0.3 is 5.97 Å². The fourth-order valence-electron chi connectivity index (χ4n) is 1.79. The number of carbonyl (C=O) groups is 1. The average molecular weight is 303 g/mol. The molecule has 0 radical (unpaired) electrons. The van der Waals surface area contributed by atoms with Crippen LogP contribution in [0.25, 0.3) is 0 Å². The molecule has 0 unspecified atom stereocenters. The van der Waals surface area contributed by atoms with Crippen molar-refractivity contribution in [3.05, 3.63) is 17.6 Å². The molecular weight excluding hydrogens is 282 g/mol. The van der Waals surface area contributed by atoms with E-state index in [2.05, 4.69) is 6.92 Å². The lowest BCUT2D eigenvalue weighted by Crippen LogP contribution is -2.12. The van der Waals surface area contributed by atoms with Gasteiger partial charge in [-0.25, -0.2) is 18.4 Å². The van der Waals surface area contributed by atoms with Gasteiger partial charge in [-0.1, -0.05) is 32.6 Å². The van der Waals surface area contributed by atoms with Gasteiger partial charge in [0, 0.05) is 6.07 Å². The minimum absolute atomic E-state index is 0.0856. The molecule has 0 saturated heterocycles. The first-order chi connectivity index (χ1) is 9.36. The molecule has 0 fully saturated rings. The number of hydrogen-bond acceptors (Lipinski definition) is 5. The van der Waals surface area contributed by atoms with E-state index in [-0.39, 0.29) is 16.4 Å². The lowest BCUT2D eigenvalue weighted by Gasteiger charge is -2.02. The maximum Gasteiger partial charge on any atom is 0.374 e. The van der Waals surface area contributed by atoms with Crippen LogP contribution in [0.15, 0.2) is 15.4 Å². The summed E-state index contributed by atoms with van der Waals surface area (Å²) in [5, 5.41) is 5.00. The number of sulfonamides is 1. The predicted octanol–water partition coefficient (Wildman–Crippen LogP) is 2.36. The number of primary sulfonamides is 1. The zero-order valence-electron chi connectivity index (χ0n) is 11.8. The highest BCUT2D eigenvalue weighted by molar-refractivity contribution is 7.89. The third-order valence-electron chi connectivity index (χ3n) is 2.86. The number of esters is 1. The standard InChI is InChI=1S/C13H21NO5S/c1-3-4-5-6-7-8-18-13(15)11-9-12(10(2)19-11)20(14,16)17/h9H,3-8H2,1-2H3,(H2,14,16,17). The molecule has 0 aliphatic heterocycles. The third kappa shape index (κ3) is 4.97. The molecule has 0 aliphatic rings. The van der Waals surface area contributed by atoms with Crippen LogP contribution >= 0.6 is 0 Å². The summed E-state index contributed by atoms with van der Waals surface area (Å²) in [5.74, 6) is -0.721. The number of carbonyl (C=O) groups excluding carboxylic acids is 1. The van der Waals surface area contributed by atoms with E-state index in [0.717, 1.165) is 31.7 Å². The minimum atomic E-state index is -3.88. The van der Waals surface area contributed by atoms with Crippen molar-refractivity contribution in [3.63, 3.8) is 0 Å². The summed E-state index contributed by atoms with van der Waals surface area (Å²) in [7, 11) is -3.88. The van der Waals surface area contributed by atoms with Crippen LogP contribution in [0, 0.1) is 6.92 Å². The Labute approximate surface area is 119 Å². The van der Waals surface area contributed by atoms with Gasteiger partial charge in [0.05, 0.1) is 6.61 Å². The minimum Gasteiger partial charge on any atom is -0.460 e. The molecule has 0 bridgehead atoms. The Hall–Kier alpha value is -1.34. The highest BCUT2D eigenvalue weighted by atomic mass is 32.2. The van der Waals surface area contributed by atoms with E-state index in [1.165, 1.54) is 13.3 Å². The Morgan fingerprint density at radius 3 is 2.50 bits per heavy atom. The van der Waals surface area contributed by atoms with Crippen LogP contribution in [0.3, 0.4) is 0 Å². The van der Waals surface area contributed by atoms with E-state index >= 15 is 0 Å². The van der Waals surface area contributed by atoms with E-state index in [1.807, 2.05) is 0 Å². The molecule has 7 heteroatoms. The highest BCUT2D eigenvalue weighted by Gasteiger charge is 2.21. The van der Waals surface area contributed by atoms with Crippen LogP contribution in [0.4, 0.5) is 0 Å². The highest BCUT2D eigenvalue weighted by Crippen LogP contribution is 2.19. The van der Waals surface area contributed by atoms with Gasteiger partial charge in [0.1, 0.15) is 10.7 Å². The second-order valence-electron chi connectivity index (χ2n) is 4.63. The summed E-state index contributed by atoms with van der Waals surface area (Å²) in [5.41, 5.74) is 0. The van der Waals surface area contributed by atoms with Crippen molar-refractivity contribution in [2.45, 2.75) is 50.8 Å². The van der Waals surface area contributed by atoms with Crippen molar-refractivity contribution < 1.29 is 22.4 Å². The molecule has 0 atom stereocenters. The molecule has 20 heavy (non-hydrogen) atoms.